The van der Waals surface area contributed by atoms with E-state index in [0.717, 1.165) is 5.56 Å². The molecule has 0 fully saturated rings. The highest BCUT2D eigenvalue weighted by Crippen LogP contribution is 2.26. The fraction of sp³-hybridized carbons (Fsp3) is 0.167. The summed E-state index contributed by atoms with van der Waals surface area (Å²) in [5, 5.41) is 0. The third-order valence-corrected chi connectivity index (χ3v) is 4.82. The summed E-state index contributed by atoms with van der Waals surface area (Å²) in [5.41, 5.74) is 1.75. The van der Waals surface area contributed by atoms with Crippen LogP contribution in [0, 0.1) is 6.92 Å². The van der Waals surface area contributed by atoms with Crippen LogP contribution in [0.25, 0.3) is 6.08 Å². The molecule has 132 valence electrons. The van der Waals surface area contributed by atoms with Gasteiger partial charge in [0, 0.05) is 12.1 Å². The van der Waals surface area contributed by atoms with Crippen molar-refractivity contribution in [3.05, 3.63) is 59.7 Å². The highest BCUT2D eigenvalue weighted by atomic mass is 32.2. The van der Waals surface area contributed by atoms with Crippen LogP contribution in [-0.4, -0.2) is 28.6 Å². The molecule has 0 saturated heterocycles. The molecule has 0 radical (unpaired) electrons. The van der Waals surface area contributed by atoms with Crippen molar-refractivity contribution in [1.82, 2.24) is 0 Å². The first kappa shape index (κ1) is 18.5. The van der Waals surface area contributed by atoms with Gasteiger partial charge in [0.15, 0.2) is 0 Å². The van der Waals surface area contributed by atoms with E-state index in [1.807, 2.05) is 6.92 Å². The van der Waals surface area contributed by atoms with Crippen LogP contribution in [0.15, 0.2) is 53.4 Å². The monoisotopic (exact) mass is 361 g/mol. The van der Waals surface area contributed by atoms with E-state index in [0.29, 0.717) is 17.0 Å². The maximum absolute atomic E-state index is 12.6. The van der Waals surface area contributed by atoms with Crippen molar-refractivity contribution >= 4 is 27.8 Å². The maximum Gasteiger partial charge on any atom is 0.330 e. The van der Waals surface area contributed by atoms with Crippen LogP contribution >= 0.6 is 0 Å². The van der Waals surface area contributed by atoms with E-state index in [9.17, 15) is 13.2 Å². The standard InChI is InChI=1S/C18H19NO5S/c1-13-4-9-16(10-5-13)25(21,22)19-17-12-15(23-2)8-6-14(17)7-11-18(20)24-3/h4-12,19H,1-3H3. The van der Waals surface area contributed by atoms with Crippen LogP contribution in [0.3, 0.4) is 0 Å². The van der Waals surface area contributed by atoms with Gasteiger partial charge in [0.05, 0.1) is 24.8 Å². The van der Waals surface area contributed by atoms with Gasteiger partial charge in [0.1, 0.15) is 5.75 Å². The molecule has 0 aliphatic rings. The minimum Gasteiger partial charge on any atom is -0.497 e. The van der Waals surface area contributed by atoms with E-state index in [2.05, 4.69) is 9.46 Å². The lowest BCUT2D eigenvalue weighted by Crippen LogP contribution is -2.13. The summed E-state index contributed by atoms with van der Waals surface area (Å²) in [4.78, 5) is 11.4. The van der Waals surface area contributed by atoms with Gasteiger partial charge in [-0.2, -0.15) is 0 Å². The lowest BCUT2D eigenvalue weighted by atomic mass is 10.1. The Kier molecular flexibility index (Phi) is 5.82. The predicted octanol–water partition coefficient (Wildman–Crippen LogP) is 2.99. The largest absolute Gasteiger partial charge is 0.497 e. The first-order valence-corrected chi connectivity index (χ1v) is 8.87. The van der Waals surface area contributed by atoms with Gasteiger partial charge >= 0.3 is 5.97 Å². The Bertz CT molecular complexity index is 886. The molecule has 0 atom stereocenters. The number of carbonyl (C=O) groups excluding carboxylic acids is 1. The molecule has 2 aromatic carbocycles. The molecular weight excluding hydrogens is 342 g/mol. The third-order valence-electron chi connectivity index (χ3n) is 3.44. The molecule has 6 nitrogen and oxygen atoms in total. The second-order valence-corrected chi connectivity index (χ2v) is 6.91. The molecule has 0 aliphatic heterocycles. The number of methoxy groups -OCH3 is 2. The average molecular weight is 361 g/mol. The van der Waals surface area contributed by atoms with Crippen molar-refractivity contribution in [3.8, 4) is 5.75 Å². The van der Waals surface area contributed by atoms with Gasteiger partial charge < -0.3 is 9.47 Å². The minimum atomic E-state index is -3.78. The SMILES string of the molecule is COC(=O)C=Cc1ccc(OC)cc1NS(=O)(=O)c1ccc(C)cc1. The van der Waals surface area contributed by atoms with Crippen molar-refractivity contribution in [3.63, 3.8) is 0 Å². The molecule has 0 aliphatic carbocycles. The fourth-order valence-corrected chi connectivity index (χ4v) is 3.12. The number of esters is 1. The number of rotatable bonds is 6. The van der Waals surface area contributed by atoms with Crippen LogP contribution < -0.4 is 9.46 Å². The van der Waals surface area contributed by atoms with Crippen molar-refractivity contribution in [2.75, 3.05) is 18.9 Å². The summed E-state index contributed by atoms with van der Waals surface area (Å²) in [6.07, 6.45) is 2.68. The van der Waals surface area contributed by atoms with E-state index in [4.69, 9.17) is 4.74 Å². The molecule has 0 unspecified atom stereocenters. The van der Waals surface area contributed by atoms with E-state index in [1.165, 1.54) is 38.5 Å². The summed E-state index contributed by atoms with van der Waals surface area (Å²) in [6, 6.07) is 11.4. The molecule has 0 amide bonds. The number of anilines is 1. The third kappa shape index (κ3) is 4.84. The number of hydrogen-bond donors (Lipinski definition) is 1. The van der Waals surface area contributed by atoms with Crippen molar-refractivity contribution in [1.29, 1.82) is 0 Å². The molecule has 7 heteroatoms. The van der Waals surface area contributed by atoms with Crippen molar-refractivity contribution in [2.24, 2.45) is 0 Å². The van der Waals surface area contributed by atoms with Gasteiger partial charge in [-0.15, -0.1) is 0 Å². The Morgan fingerprint density at radius 1 is 1.08 bits per heavy atom. The van der Waals surface area contributed by atoms with Crippen LogP contribution in [0.4, 0.5) is 5.69 Å². The van der Waals surface area contributed by atoms with Crippen molar-refractivity contribution < 1.29 is 22.7 Å². The highest BCUT2D eigenvalue weighted by Gasteiger charge is 2.16. The van der Waals surface area contributed by atoms with Crippen LogP contribution in [-0.2, 0) is 19.6 Å². The zero-order valence-electron chi connectivity index (χ0n) is 14.1. The Morgan fingerprint density at radius 2 is 1.76 bits per heavy atom. The number of carbonyl (C=O) groups is 1. The van der Waals surface area contributed by atoms with Gasteiger partial charge in [0.2, 0.25) is 0 Å². The number of aryl methyl sites for hydroxylation is 1. The van der Waals surface area contributed by atoms with Gasteiger partial charge in [-0.3, -0.25) is 4.72 Å². The molecule has 0 spiro atoms. The molecule has 0 heterocycles. The summed E-state index contributed by atoms with van der Waals surface area (Å²) in [5.74, 6) is -0.0556. The van der Waals surface area contributed by atoms with E-state index >= 15 is 0 Å². The number of hydrogen-bond acceptors (Lipinski definition) is 5. The Morgan fingerprint density at radius 3 is 2.36 bits per heavy atom. The topological polar surface area (TPSA) is 81.7 Å². The molecular formula is C18H19NO5S. The Hall–Kier alpha value is -2.80. The first-order chi connectivity index (χ1) is 11.9. The van der Waals surface area contributed by atoms with Gasteiger partial charge in [-0.25, -0.2) is 13.2 Å². The molecule has 2 rings (SSSR count). The van der Waals surface area contributed by atoms with Crippen molar-refractivity contribution in [2.45, 2.75) is 11.8 Å². The van der Waals surface area contributed by atoms with Gasteiger partial charge in [-0.1, -0.05) is 17.7 Å². The average Bonchev–Trinajstić information content (AvgIpc) is 2.60. The zero-order valence-corrected chi connectivity index (χ0v) is 15.0. The fourth-order valence-electron chi connectivity index (χ4n) is 2.04. The highest BCUT2D eigenvalue weighted by molar-refractivity contribution is 7.92. The number of ether oxygens (including phenoxy) is 2. The lowest BCUT2D eigenvalue weighted by molar-refractivity contribution is -0.134. The molecule has 0 bridgehead atoms. The van der Waals surface area contributed by atoms with Crippen LogP contribution in [0.5, 0.6) is 5.75 Å². The quantitative estimate of drug-likeness (QED) is 0.632. The van der Waals surface area contributed by atoms with Gasteiger partial charge in [0.25, 0.3) is 10.0 Å². The molecule has 0 aromatic heterocycles. The number of nitrogens with one attached hydrogen (secondary N) is 1. The minimum absolute atomic E-state index is 0.142. The predicted molar refractivity (Wildman–Crippen MR) is 96.0 cm³/mol. The maximum atomic E-state index is 12.6. The van der Waals surface area contributed by atoms with E-state index < -0.39 is 16.0 Å². The number of benzene rings is 2. The normalized spacial score (nSPS) is 11.3. The van der Waals surface area contributed by atoms with E-state index in [-0.39, 0.29) is 4.90 Å². The summed E-state index contributed by atoms with van der Waals surface area (Å²) < 4.78 is 37.4. The summed E-state index contributed by atoms with van der Waals surface area (Å²) >= 11 is 0. The molecule has 25 heavy (non-hydrogen) atoms. The Labute approximate surface area is 147 Å². The number of sulfonamides is 1. The first-order valence-electron chi connectivity index (χ1n) is 7.39. The van der Waals surface area contributed by atoms with Gasteiger partial charge in [-0.05, 0) is 42.8 Å². The second kappa shape index (κ2) is 7.85. The molecule has 2 aromatic rings. The Balaban J connectivity index is 2.40. The molecule has 1 N–H and O–H groups in total. The lowest BCUT2D eigenvalue weighted by Gasteiger charge is -2.12. The zero-order chi connectivity index (χ0) is 18.4. The summed E-state index contributed by atoms with van der Waals surface area (Å²) in [7, 11) is -1.03. The molecule has 0 saturated carbocycles. The van der Waals surface area contributed by atoms with Crippen LogP contribution in [0.1, 0.15) is 11.1 Å². The van der Waals surface area contributed by atoms with Crippen LogP contribution in [0.2, 0.25) is 0 Å². The smallest absolute Gasteiger partial charge is 0.330 e. The summed E-state index contributed by atoms with van der Waals surface area (Å²) in [6.45, 7) is 1.88. The van der Waals surface area contributed by atoms with E-state index in [1.54, 1.807) is 30.3 Å². The second-order valence-electron chi connectivity index (χ2n) is 5.23.